The lowest BCUT2D eigenvalue weighted by Gasteiger charge is -2.37. The number of rotatable bonds is 53. The first-order valence-electron chi connectivity index (χ1n) is 28.9. The molecule has 0 aromatic heterocycles. The molecule has 0 radical (unpaired) electrons. The summed E-state index contributed by atoms with van der Waals surface area (Å²) in [5.74, 6) is -9.20. The zero-order valence-electron chi connectivity index (χ0n) is 43.9. The Labute approximate surface area is 407 Å². The number of hydrogen-bond donors (Lipinski definition) is 3. The van der Waals surface area contributed by atoms with Gasteiger partial charge in [-0.2, -0.15) is 0 Å². The van der Waals surface area contributed by atoms with Gasteiger partial charge in [-0.05, 0) is 19.3 Å². The maximum atomic E-state index is 13.1. The molecule has 0 atom stereocenters. The molecule has 0 aliphatic rings. The van der Waals surface area contributed by atoms with Crippen LogP contribution in [0, 0.1) is 0 Å². The minimum Gasteiger partial charge on any atom is -0.457 e. The summed E-state index contributed by atoms with van der Waals surface area (Å²) < 4.78 is 16.1. The van der Waals surface area contributed by atoms with Crippen molar-refractivity contribution >= 4 is 17.9 Å². The van der Waals surface area contributed by atoms with E-state index in [0.29, 0.717) is 19.3 Å². The van der Waals surface area contributed by atoms with Gasteiger partial charge in [0.05, 0.1) is 0 Å². The molecule has 0 aromatic carbocycles. The van der Waals surface area contributed by atoms with Crippen LogP contribution in [-0.4, -0.2) is 51.6 Å². The molecule has 0 heterocycles. The Morgan fingerprint density at radius 1 is 0.288 bits per heavy atom. The van der Waals surface area contributed by atoms with Crippen molar-refractivity contribution in [3.05, 3.63) is 0 Å². The molecular formula is C57H110O9. The minimum atomic E-state index is -3.79. The highest BCUT2D eigenvalue weighted by atomic mass is 16.8. The normalized spacial score (nSPS) is 11.9. The van der Waals surface area contributed by atoms with E-state index in [0.717, 1.165) is 70.6 Å². The maximum Gasteiger partial charge on any atom is 0.373 e. The van der Waals surface area contributed by atoms with Crippen molar-refractivity contribution in [2.24, 2.45) is 0 Å². The third-order valence-corrected chi connectivity index (χ3v) is 13.4. The smallest absolute Gasteiger partial charge is 0.373 e. The molecule has 392 valence electrons. The van der Waals surface area contributed by atoms with E-state index >= 15 is 0 Å². The van der Waals surface area contributed by atoms with Crippen LogP contribution in [0.2, 0.25) is 0 Å². The van der Waals surface area contributed by atoms with Crippen LogP contribution in [0.4, 0.5) is 0 Å². The molecular weight excluding hydrogens is 829 g/mol. The lowest BCUT2D eigenvalue weighted by molar-refractivity contribution is -0.449. The summed E-state index contributed by atoms with van der Waals surface area (Å²) in [5, 5.41) is 31.6. The summed E-state index contributed by atoms with van der Waals surface area (Å²) in [4.78, 5) is 39.1. The van der Waals surface area contributed by atoms with Gasteiger partial charge in [-0.25, -0.2) is 0 Å². The van der Waals surface area contributed by atoms with Gasteiger partial charge in [0, 0.05) is 19.3 Å². The van der Waals surface area contributed by atoms with Crippen molar-refractivity contribution in [1.82, 2.24) is 0 Å². The Morgan fingerprint density at radius 2 is 0.470 bits per heavy atom. The summed E-state index contributed by atoms with van der Waals surface area (Å²) in [6.45, 7) is 5.73. The van der Waals surface area contributed by atoms with Crippen LogP contribution >= 0.6 is 0 Å². The van der Waals surface area contributed by atoms with Crippen LogP contribution in [0.1, 0.15) is 329 Å². The van der Waals surface area contributed by atoms with Crippen molar-refractivity contribution in [1.29, 1.82) is 0 Å². The van der Waals surface area contributed by atoms with E-state index in [1.165, 1.54) is 199 Å². The van der Waals surface area contributed by atoms with E-state index in [1.807, 2.05) is 0 Å². The van der Waals surface area contributed by atoms with Gasteiger partial charge in [0.15, 0.2) is 6.61 Å². The van der Waals surface area contributed by atoms with Crippen molar-refractivity contribution in [3.8, 4) is 0 Å². The molecule has 66 heavy (non-hydrogen) atoms. The highest BCUT2D eigenvalue weighted by Gasteiger charge is 2.58. The molecule has 0 amide bonds. The first-order chi connectivity index (χ1) is 32.1. The van der Waals surface area contributed by atoms with Crippen molar-refractivity contribution < 1.29 is 43.9 Å². The highest BCUT2D eigenvalue weighted by molar-refractivity contribution is 5.73. The lowest BCUT2D eigenvalue weighted by atomic mass is 10.0. The molecule has 0 aromatic rings. The Kier molecular flexibility index (Phi) is 47.1. The van der Waals surface area contributed by atoms with Crippen molar-refractivity contribution in [2.45, 2.75) is 341 Å². The molecule has 0 aliphatic heterocycles. The summed E-state index contributed by atoms with van der Waals surface area (Å²) in [7, 11) is 0. The van der Waals surface area contributed by atoms with Gasteiger partial charge in [-0.3, -0.25) is 14.4 Å². The van der Waals surface area contributed by atoms with Crippen LogP contribution in [0.25, 0.3) is 0 Å². The second kappa shape index (κ2) is 48.3. The molecule has 9 heteroatoms. The average Bonchev–Trinajstić information content (AvgIpc) is 3.29. The number of aliphatic hydroxyl groups is 3. The molecule has 0 aliphatic carbocycles. The van der Waals surface area contributed by atoms with Gasteiger partial charge in [0.1, 0.15) is 0 Å². The van der Waals surface area contributed by atoms with Gasteiger partial charge in [-0.15, -0.1) is 0 Å². The van der Waals surface area contributed by atoms with E-state index in [1.54, 1.807) is 0 Å². The van der Waals surface area contributed by atoms with Crippen LogP contribution in [0.5, 0.6) is 0 Å². The Bertz CT molecular complexity index is 1010. The molecule has 0 bridgehead atoms. The molecule has 0 saturated carbocycles. The molecule has 0 spiro atoms. The summed E-state index contributed by atoms with van der Waals surface area (Å²) in [6, 6.07) is 0. The van der Waals surface area contributed by atoms with E-state index in [4.69, 9.17) is 14.2 Å². The van der Waals surface area contributed by atoms with Crippen molar-refractivity contribution in [2.75, 3.05) is 6.61 Å². The third-order valence-electron chi connectivity index (χ3n) is 13.4. The third kappa shape index (κ3) is 42.4. The largest absolute Gasteiger partial charge is 0.457 e. The summed E-state index contributed by atoms with van der Waals surface area (Å²) in [5.41, 5.74) is 0. The van der Waals surface area contributed by atoms with E-state index < -0.39 is 36.3 Å². The van der Waals surface area contributed by atoms with Gasteiger partial charge in [0.2, 0.25) is 0 Å². The standard InChI is InChI=1S/C57H110O9/c1-4-7-10-13-16-19-22-25-28-31-34-37-40-43-46-49-53(58)64-52-56(57(61,62)63,65-54(59)50-47-44-41-38-35-32-29-26-23-20-17-14-11-8-5-2)66-55(60)51-48-45-42-39-36-33-30-27-24-21-18-15-12-9-6-3/h61-63H,4-52H2,1-3H3. The number of hydrogen-bond acceptors (Lipinski definition) is 9. The Hall–Kier alpha value is -1.71. The molecule has 0 rings (SSSR count). The molecule has 0 fully saturated rings. The number of carbonyl (C=O) groups excluding carboxylic acids is 3. The van der Waals surface area contributed by atoms with E-state index in [9.17, 15) is 29.7 Å². The SMILES string of the molecule is CCCCCCCCCCCCCCCCCC(=O)OCC(OC(=O)CCCCCCCCCCCCCCCCC)(OC(=O)CCCCCCCCCCCCCCCCC)C(O)(O)O. The van der Waals surface area contributed by atoms with E-state index in [2.05, 4.69) is 20.8 Å². The fraction of sp³-hybridized carbons (Fsp3) is 0.947. The molecule has 0 unspecified atom stereocenters. The Balaban J connectivity index is 4.79. The predicted molar refractivity (Wildman–Crippen MR) is 274 cm³/mol. The van der Waals surface area contributed by atoms with Gasteiger partial charge in [-0.1, -0.05) is 290 Å². The minimum absolute atomic E-state index is 0.0697. The van der Waals surface area contributed by atoms with Gasteiger partial charge in [0.25, 0.3) is 0 Å². The number of esters is 3. The Morgan fingerprint density at radius 3 is 0.667 bits per heavy atom. The monoisotopic (exact) mass is 939 g/mol. The second-order valence-corrected chi connectivity index (χ2v) is 20.1. The van der Waals surface area contributed by atoms with Crippen LogP contribution in [-0.2, 0) is 28.6 Å². The number of unbranched alkanes of at least 4 members (excludes halogenated alkanes) is 42. The van der Waals surface area contributed by atoms with E-state index in [-0.39, 0.29) is 19.3 Å². The fourth-order valence-corrected chi connectivity index (χ4v) is 8.95. The van der Waals surface area contributed by atoms with Crippen LogP contribution < -0.4 is 0 Å². The lowest BCUT2D eigenvalue weighted by Crippen LogP contribution is -2.62. The molecule has 3 N–H and O–H groups in total. The maximum absolute atomic E-state index is 13.1. The fourth-order valence-electron chi connectivity index (χ4n) is 8.95. The topological polar surface area (TPSA) is 140 Å². The zero-order chi connectivity index (χ0) is 48.5. The molecule has 0 saturated heterocycles. The van der Waals surface area contributed by atoms with Crippen LogP contribution in [0.3, 0.4) is 0 Å². The first-order valence-corrected chi connectivity index (χ1v) is 28.9. The van der Waals surface area contributed by atoms with Crippen LogP contribution in [0.15, 0.2) is 0 Å². The molecule has 9 nitrogen and oxygen atoms in total. The number of ether oxygens (including phenoxy) is 3. The predicted octanol–water partition coefficient (Wildman–Crippen LogP) is 16.7. The second-order valence-electron chi connectivity index (χ2n) is 20.1. The van der Waals surface area contributed by atoms with Crippen molar-refractivity contribution in [3.63, 3.8) is 0 Å². The first kappa shape index (κ1) is 64.3. The van der Waals surface area contributed by atoms with Gasteiger partial charge >= 0.3 is 29.7 Å². The quantitative estimate of drug-likeness (QED) is 0.0309. The average molecular weight is 939 g/mol. The van der Waals surface area contributed by atoms with Gasteiger partial charge < -0.3 is 29.5 Å². The zero-order valence-corrected chi connectivity index (χ0v) is 43.9. The summed E-state index contributed by atoms with van der Waals surface area (Å²) in [6.07, 6.45) is 53.2. The highest BCUT2D eigenvalue weighted by Crippen LogP contribution is 2.28. The number of carbonyl (C=O) groups is 3. The summed E-state index contributed by atoms with van der Waals surface area (Å²) >= 11 is 0.